The van der Waals surface area contributed by atoms with Crippen molar-refractivity contribution >= 4 is 23.1 Å². The predicted octanol–water partition coefficient (Wildman–Crippen LogP) is 5.70. The number of aromatic nitrogens is 2. The third-order valence-corrected chi connectivity index (χ3v) is 4.69. The van der Waals surface area contributed by atoms with E-state index in [9.17, 15) is 9.50 Å². The van der Waals surface area contributed by atoms with Crippen LogP contribution in [-0.2, 0) is 6.61 Å². The van der Waals surface area contributed by atoms with Crippen LogP contribution in [0.2, 0.25) is 5.02 Å². The molecule has 0 aliphatic rings. The lowest BCUT2D eigenvalue weighted by Crippen LogP contribution is -1.99. The molecule has 4 rings (SSSR count). The summed E-state index contributed by atoms with van der Waals surface area (Å²) >= 11 is 6.37. The van der Waals surface area contributed by atoms with Crippen molar-refractivity contribution in [2.24, 2.45) is 0 Å². The van der Waals surface area contributed by atoms with Gasteiger partial charge in [-0.3, -0.25) is 0 Å². The first kappa shape index (κ1) is 21.2. The van der Waals surface area contributed by atoms with Gasteiger partial charge in [-0.15, -0.1) is 0 Å². The van der Waals surface area contributed by atoms with Crippen molar-refractivity contribution in [2.45, 2.75) is 6.61 Å². The number of halogens is 2. The van der Waals surface area contributed by atoms with Crippen molar-refractivity contribution < 1.29 is 14.2 Å². The maximum Gasteiger partial charge on any atom is 0.149 e. The average molecular weight is 446 g/mol. The van der Waals surface area contributed by atoms with Gasteiger partial charge in [0.1, 0.15) is 36.1 Å². The van der Waals surface area contributed by atoms with Crippen LogP contribution < -0.4 is 10.1 Å². The molecule has 1 heterocycles. The van der Waals surface area contributed by atoms with Gasteiger partial charge in [-0.2, -0.15) is 0 Å². The number of hydrogen-bond donors (Lipinski definition) is 2. The summed E-state index contributed by atoms with van der Waals surface area (Å²) in [7, 11) is 0. The van der Waals surface area contributed by atoms with E-state index in [-0.39, 0.29) is 18.2 Å². The Kier molecular flexibility index (Phi) is 6.49. The van der Waals surface area contributed by atoms with Crippen molar-refractivity contribution in [1.29, 1.82) is 0 Å². The highest BCUT2D eigenvalue weighted by Crippen LogP contribution is 2.30. The van der Waals surface area contributed by atoms with E-state index in [4.69, 9.17) is 16.3 Å². The van der Waals surface area contributed by atoms with Crippen LogP contribution in [0.25, 0.3) is 0 Å². The van der Waals surface area contributed by atoms with Crippen LogP contribution in [-0.4, -0.2) is 15.1 Å². The number of phenols is 1. The zero-order valence-electron chi connectivity index (χ0n) is 16.7. The Labute approximate surface area is 189 Å². The van der Waals surface area contributed by atoms with Crippen LogP contribution in [0.4, 0.5) is 15.9 Å². The first-order valence-electron chi connectivity index (χ1n) is 9.62. The van der Waals surface area contributed by atoms with Crippen molar-refractivity contribution in [3.8, 4) is 23.3 Å². The number of nitrogens with one attached hydrogen (secondary N) is 1. The van der Waals surface area contributed by atoms with E-state index in [2.05, 4.69) is 27.1 Å². The van der Waals surface area contributed by atoms with E-state index in [1.165, 1.54) is 18.5 Å². The molecule has 0 fully saturated rings. The van der Waals surface area contributed by atoms with E-state index < -0.39 is 0 Å². The molecule has 1 aromatic heterocycles. The van der Waals surface area contributed by atoms with Gasteiger partial charge in [-0.1, -0.05) is 35.6 Å². The summed E-state index contributed by atoms with van der Waals surface area (Å²) in [6.07, 6.45) is 3.03. The SMILES string of the molecule is Oc1ccc(C#Cc2cncnc2Nc2ccc(OCc3cccc(F)c3)c(Cl)c2)cc1. The van der Waals surface area contributed by atoms with Gasteiger partial charge in [0.25, 0.3) is 0 Å². The average Bonchev–Trinajstić information content (AvgIpc) is 2.79. The molecule has 5 nitrogen and oxygen atoms in total. The monoisotopic (exact) mass is 445 g/mol. The molecule has 7 heteroatoms. The zero-order chi connectivity index (χ0) is 22.3. The number of benzene rings is 3. The second-order valence-corrected chi connectivity index (χ2v) is 7.18. The van der Waals surface area contributed by atoms with Gasteiger partial charge < -0.3 is 15.2 Å². The summed E-state index contributed by atoms with van der Waals surface area (Å²) in [5, 5.41) is 13.0. The molecule has 0 aliphatic carbocycles. The molecule has 3 aromatic carbocycles. The number of aromatic hydroxyl groups is 1. The summed E-state index contributed by atoms with van der Waals surface area (Å²) in [5.41, 5.74) is 2.75. The van der Waals surface area contributed by atoms with E-state index in [0.717, 1.165) is 5.56 Å². The summed E-state index contributed by atoms with van der Waals surface area (Å²) in [6, 6.07) is 18.0. The van der Waals surface area contributed by atoms with Gasteiger partial charge in [0.2, 0.25) is 0 Å². The first-order chi connectivity index (χ1) is 15.6. The molecule has 0 spiro atoms. The maximum absolute atomic E-state index is 13.3. The Morgan fingerprint density at radius 3 is 2.66 bits per heavy atom. The molecule has 2 N–H and O–H groups in total. The maximum atomic E-state index is 13.3. The van der Waals surface area contributed by atoms with Crippen LogP contribution in [0.15, 0.2) is 79.3 Å². The van der Waals surface area contributed by atoms with Gasteiger partial charge in [0.15, 0.2) is 0 Å². The van der Waals surface area contributed by atoms with E-state index >= 15 is 0 Å². The van der Waals surface area contributed by atoms with Gasteiger partial charge in [0, 0.05) is 17.4 Å². The number of ether oxygens (including phenoxy) is 1. The minimum Gasteiger partial charge on any atom is -0.508 e. The fourth-order valence-electron chi connectivity index (χ4n) is 2.83. The minimum absolute atomic E-state index is 0.182. The first-order valence-corrected chi connectivity index (χ1v) is 9.99. The molecule has 4 aromatic rings. The Bertz CT molecular complexity index is 1300. The number of hydrogen-bond acceptors (Lipinski definition) is 5. The second kappa shape index (κ2) is 9.82. The van der Waals surface area contributed by atoms with Gasteiger partial charge in [-0.05, 0) is 60.2 Å². The van der Waals surface area contributed by atoms with Crippen LogP contribution >= 0.6 is 11.6 Å². The highest BCUT2D eigenvalue weighted by atomic mass is 35.5. The Balaban J connectivity index is 1.48. The highest BCUT2D eigenvalue weighted by molar-refractivity contribution is 6.32. The number of nitrogens with zero attached hydrogens (tertiary/aromatic N) is 2. The molecule has 0 atom stereocenters. The lowest BCUT2D eigenvalue weighted by Gasteiger charge is -2.11. The Morgan fingerprint density at radius 2 is 1.88 bits per heavy atom. The molecule has 158 valence electrons. The summed E-state index contributed by atoms with van der Waals surface area (Å²) in [6.45, 7) is 0.202. The standard InChI is InChI=1S/C25H17ClFN3O2/c26-23-13-21(8-11-24(23)32-15-18-2-1-3-20(27)12-18)30-25-19(14-28-16-29-25)7-4-17-5-9-22(31)10-6-17/h1-3,5-6,8-14,16,31H,15H2,(H,28,29,30). The number of phenolic OH excluding ortho intramolecular Hbond substituents is 1. The lowest BCUT2D eigenvalue weighted by atomic mass is 10.2. The Hall–Kier alpha value is -4.08. The fourth-order valence-corrected chi connectivity index (χ4v) is 3.06. The summed E-state index contributed by atoms with van der Waals surface area (Å²) < 4.78 is 19.0. The van der Waals surface area contributed by atoms with Crippen molar-refractivity contribution in [3.63, 3.8) is 0 Å². The Morgan fingerprint density at radius 1 is 1.03 bits per heavy atom. The molecular weight excluding hydrogens is 429 g/mol. The lowest BCUT2D eigenvalue weighted by molar-refractivity contribution is 0.306. The molecule has 0 aliphatic heterocycles. The van der Waals surface area contributed by atoms with Crippen LogP contribution in [0.3, 0.4) is 0 Å². The quantitative estimate of drug-likeness (QED) is 0.386. The van der Waals surface area contributed by atoms with E-state index in [0.29, 0.717) is 33.4 Å². The molecule has 0 saturated heterocycles. The molecular formula is C25H17ClFN3O2. The smallest absolute Gasteiger partial charge is 0.149 e. The molecule has 0 amide bonds. The van der Waals surface area contributed by atoms with Crippen molar-refractivity contribution in [1.82, 2.24) is 9.97 Å². The minimum atomic E-state index is -0.314. The van der Waals surface area contributed by atoms with Gasteiger partial charge in [-0.25, -0.2) is 14.4 Å². The van der Waals surface area contributed by atoms with Gasteiger partial charge >= 0.3 is 0 Å². The summed E-state index contributed by atoms with van der Waals surface area (Å²) in [5.74, 6) is 6.92. The van der Waals surface area contributed by atoms with E-state index in [1.54, 1.807) is 60.8 Å². The topological polar surface area (TPSA) is 67.3 Å². The molecule has 0 unspecified atom stereocenters. The fraction of sp³-hybridized carbons (Fsp3) is 0.0400. The van der Waals surface area contributed by atoms with Crippen molar-refractivity contribution in [3.05, 3.63) is 107 Å². The van der Waals surface area contributed by atoms with Gasteiger partial charge in [0.05, 0.1) is 10.6 Å². The van der Waals surface area contributed by atoms with E-state index in [1.807, 2.05) is 0 Å². The number of rotatable bonds is 5. The number of anilines is 2. The zero-order valence-corrected chi connectivity index (χ0v) is 17.5. The molecule has 0 bridgehead atoms. The predicted molar refractivity (Wildman–Crippen MR) is 122 cm³/mol. The highest BCUT2D eigenvalue weighted by Gasteiger charge is 2.07. The largest absolute Gasteiger partial charge is 0.508 e. The van der Waals surface area contributed by atoms with Crippen molar-refractivity contribution in [2.75, 3.05) is 5.32 Å². The van der Waals surface area contributed by atoms with Crippen LogP contribution in [0, 0.1) is 17.7 Å². The molecule has 0 saturated carbocycles. The second-order valence-electron chi connectivity index (χ2n) is 6.77. The third kappa shape index (κ3) is 5.54. The third-order valence-electron chi connectivity index (χ3n) is 4.40. The molecule has 0 radical (unpaired) electrons. The molecule has 32 heavy (non-hydrogen) atoms. The van der Waals surface area contributed by atoms with Crippen LogP contribution in [0.1, 0.15) is 16.7 Å². The normalized spacial score (nSPS) is 10.2. The summed E-state index contributed by atoms with van der Waals surface area (Å²) in [4.78, 5) is 8.30. The van der Waals surface area contributed by atoms with Crippen LogP contribution in [0.5, 0.6) is 11.5 Å².